The third kappa shape index (κ3) is 3.13. The summed E-state index contributed by atoms with van der Waals surface area (Å²) >= 11 is 0. The standard InChI is InChI=1S/C21H29N3O2/c1-15(2)18-20(26)24(14-16-8-9-16)21(22-18)10-12-23(13-11-21)19(25)17-6-4-3-5-7-17/h3-7,15-16,18,22H,8-14H2,1-2H3. The maximum absolute atomic E-state index is 13.0. The van der Waals surface area contributed by atoms with Crippen molar-refractivity contribution in [2.24, 2.45) is 11.8 Å². The lowest BCUT2D eigenvalue weighted by Gasteiger charge is -2.45. The summed E-state index contributed by atoms with van der Waals surface area (Å²) in [7, 11) is 0. The molecule has 0 bridgehead atoms. The van der Waals surface area contributed by atoms with Gasteiger partial charge in [0, 0.05) is 38.0 Å². The van der Waals surface area contributed by atoms with Crippen LogP contribution in [0.2, 0.25) is 0 Å². The number of piperidine rings is 1. The van der Waals surface area contributed by atoms with Crippen LogP contribution < -0.4 is 5.32 Å². The van der Waals surface area contributed by atoms with E-state index in [0.717, 1.165) is 24.9 Å². The minimum atomic E-state index is -0.262. The Hall–Kier alpha value is -1.88. The van der Waals surface area contributed by atoms with E-state index in [-0.39, 0.29) is 29.4 Å². The highest BCUT2D eigenvalue weighted by Gasteiger charge is 2.53. The Labute approximate surface area is 155 Å². The normalized spacial score (nSPS) is 25.3. The molecule has 5 heteroatoms. The van der Waals surface area contributed by atoms with Crippen LogP contribution in [0.1, 0.15) is 49.9 Å². The van der Waals surface area contributed by atoms with Gasteiger partial charge < -0.3 is 9.80 Å². The quantitative estimate of drug-likeness (QED) is 0.903. The number of carbonyl (C=O) groups excluding carboxylic acids is 2. The molecule has 1 aliphatic carbocycles. The summed E-state index contributed by atoms with van der Waals surface area (Å²) in [6.07, 6.45) is 4.11. The van der Waals surface area contributed by atoms with Gasteiger partial charge in [0.25, 0.3) is 5.91 Å². The van der Waals surface area contributed by atoms with Crippen molar-refractivity contribution in [3.63, 3.8) is 0 Å². The van der Waals surface area contributed by atoms with Crippen molar-refractivity contribution in [3.8, 4) is 0 Å². The van der Waals surface area contributed by atoms with Gasteiger partial charge in [0.15, 0.2) is 0 Å². The van der Waals surface area contributed by atoms with Crippen LogP contribution in [0.25, 0.3) is 0 Å². The molecule has 1 saturated carbocycles. The molecule has 2 saturated heterocycles. The third-order valence-electron chi connectivity index (χ3n) is 6.18. The molecule has 3 aliphatic rings. The molecule has 0 radical (unpaired) electrons. The number of likely N-dealkylation sites (tertiary alicyclic amines) is 1. The first-order chi connectivity index (χ1) is 12.5. The summed E-state index contributed by atoms with van der Waals surface area (Å²) in [5.41, 5.74) is 0.482. The van der Waals surface area contributed by atoms with Crippen molar-refractivity contribution in [1.82, 2.24) is 15.1 Å². The van der Waals surface area contributed by atoms with Crippen molar-refractivity contribution in [2.75, 3.05) is 19.6 Å². The Kier molecular flexibility index (Phi) is 4.51. The van der Waals surface area contributed by atoms with Crippen LogP contribution in [0.3, 0.4) is 0 Å². The average Bonchev–Trinajstić information content (AvgIpc) is 3.44. The topological polar surface area (TPSA) is 52.7 Å². The molecule has 1 N–H and O–H groups in total. The second-order valence-corrected chi connectivity index (χ2v) is 8.45. The van der Waals surface area contributed by atoms with Crippen LogP contribution in [0.15, 0.2) is 30.3 Å². The van der Waals surface area contributed by atoms with E-state index in [1.54, 1.807) is 0 Å². The molecule has 1 spiro atoms. The van der Waals surface area contributed by atoms with E-state index >= 15 is 0 Å². The summed E-state index contributed by atoms with van der Waals surface area (Å²) in [5.74, 6) is 1.31. The highest BCUT2D eigenvalue weighted by molar-refractivity contribution is 5.94. The molecule has 2 amide bonds. The van der Waals surface area contributed by atoms with Crippen molar-refractivity contribution in [2.45, 2.75) is 51.2 Å². The number of benzene rings is 1. The van der Waals surface area contributed by atoms with E-state index in [1.807, 2.05) is 35.2 Å². The maximum Gasteiger partial charge on any atom is 0.253 e. The fourth-order valence-corrected chi connectivity index (χ4v) is 4.34. The SMILES string of the molecule is CC(C)C1NC2(CCN(C(=O)c3ccccc3)CC2)N(CC2CC2)C1=O. The first-order valence-corrected chi connectivity index (χ1v) is 9.94. The molecule has 140 valence electrons. The van der Waals surface area contributed by atoms with E-state index in [1.165, 1.54) is 12.8 Å². The number of carbonyl (C=O) groups is 2. The van der Waals surface area contributed by atoms with Gasteiger partial charge in [-0.3, -0.25) is 14.9 Å². The Balaban J connectivity index is 1.48. The van der Waals surface area contributed by atoms with Crippen LogP contribution in [0.5, 0.6) is 0 Å². The number of nitrogens with zero attached hydrogens (tertiary/aromatic N) is 2. The van der Waals surface area contributed by atoms with Crippen molar-refractivity contribution in [3.05, 3.63) is 35.9 Å². The Morgan fingerprint density at radius 1 is 1.19 bits per heavy atom. The fraction of sp³-hybridized carbons (Fsp3) is 0.619. The monoisotopic (exact) mass is 355 g/mol. The van der Waals surface area contributed by atoms with Crippen LogP contribution in [0.4, 0.5) is 0 Å². The highest BCUT2D eigenvalue weighted by atomic mass is 16.2. The predicted molar refractivity (Wildman–Crippen MR) is 101 cm³/mol. The number of hydrogen-bond acceptors (Lipinski definition) is 3. The number of hydrogen-bond donors (Lipinski definition) is 1. The number of amides is 2. The molecule has 1 aromatic carbocycles. The fourth-order valence-electron chi connectivity index (χ4n) is 4.34. The molecular weight excluding hydrogens is 326 g/mol. The van der Waals surface area contributed by atoms with Gasteiger partial charge in [-0.2, -0.15) is 0 Å². The van der Waals surface area contributed by atoms with Gasteiger partial charge in [0.05, 0.1) is 11.7 Å². The lowest BCUT2D eigenvalue weighted by molar-refractivity contribution is -0.134. The summed E-state index contributed by atoms with van der Waals surface area (Å²) in [6.45, 7) is 6.48. The zero-order valence-corrected chi connectivity index (χ0v) is 15.8. The molecule has 1 unspecified atom stereocenters. The van der Waals surface area contributed by atoms with Crippen LogP contribution >= 0.6 is 0 Å². The highest BCUT2D eigenvalue weighted by Crippen LogP contribution is 2.39. The molecular formula is C21H29N3O2. The van der Waals surface area contributed by atoms with Crippen LogP contribution in [-0.4, -0.2) is 53.0 Å². The zero-order valence-electron chi connectivity index (χ0n) is 15.8. The molecule has 1 atom stereocenters. The summed E-state index contributed by atoms with van der Waals surface area (Å²) in [4.78, 5) is 29.8. The first-order valence-electron chi connectivity index (χ1n) is 9.94. The average molecular weight is 355 g/mol. The van der Waals surface area contributed by atoms with Gasteiger partial charge in [-0.05, 0) is 36.8 Å². The van der Waals surface area contributed by atoms with Crippen LogP contribution in [0, 0.1) is 11.8 Å². The Morgan fingerprint density at radius 3 is 2.42 bits per heavy atom. The molecule has 0 aromatic heterocycles. The largest absolute Gasteiger partial charge is 0.338 e. The van der Waals surface area contributed by atoms with Gasteiger partial charge in [-0.15, -0.1) is 0 Å². The predicted octanol–water partition coefficient (Wildman–Crippen LogP) is 2.49. The Bertz CT molecular complexity index is 676. The molecule has 1 aromatic rings. The summed E-state index contributed by atoms with van der Waals surface area (Å²) in [6, 6.07) is 9.39. The minimum Gasteiger partial charge on any atom is -0.338 e. The molecule has 2 heterocycles. The second kappa shape index (κ2) is 6.69. The molecule has 3 fully saturated rings. The summed E-state index contributed by atoms with van der Waals surface area (Å²) < 4.78 is 0. The molecule has 2 aliphatic heterocycles. The first kappa shape index (κ1) is 17.5. The molecule has 26 heavy (non-hydrogen) atoms. The van der Waals surface area contributed by atoms with Crippen molar-refractivity contribution in [1.29, 1.82) is 0 Å². The van der Waals surface area contributed by atoms with E-state index in [9.17, 15) is 9.59 Å². The second-order valence-electron chi connectivity index (χ2n) is 8.45. The van der Waals surface area contributed by atoms with Crippen molar-refractivity contribution < 1.29 is 9.59 Å². The van der Waals surface area contributed by atoms with Gasteiger partial charge in [0.2, 0.25) is 5.91 Å². The third-order valence-corrected chi connectivity index (χ3v) is 6.18. The maximum atomic E-state index is 13.0. The number of nitrogens with one attached hydrogen (secondary N) is 1. The van der Waals surface area contributed by atoms with Gasteiger partial charge in [0.1, 0.15) is 0 Å². The number of rotatable bonds is 4. The van der Waals surface area contributed by atoms with E-state index in [4.69, 9.17) is 0 Å². The van der Waals surface area contributed by atoms with E-state index in [2.05, 4.69) is 24.1 Å². The smallest absolute Gasteiger partial charge is 0.253 e. The Morgan fingerprint density at radius 2 is 1.85 bits per heavy atom. The van der Waals surface area contributed by atoms with Gasteiger partial charge >= 0.3 is 0 Å². The van der Waals surface area contributed by atoms with Gasteiger partial charge in [-0.25, -0.2) is 0 Å². The van der Waals surface area contributed by atoms with Crippen molar-refractivity contribution >= 4 is 11.8 Å². The summed E-state index contributed by atoms with van der Waals surface area (Å²) in [5, 5.41) is 3.68. The lowest BCUT2D eigenvalue weighted by Crippen LogP contribution is -2.60. The minimum absolute atomic E-state index is 0.0925. The molecule has 4 rings (SSSR count). The lowest BCUT2D eigenvalue weighted by atomic mass is 9.94. The van der Waals surface area contributed by atoms with E-state index in [0.29, 0.717) is 19.0 Å². The zero-order chi connectivity index (χ0) is 18.3. The van der Waals surface area contributed by atoms with Gasteiger partial charge in [-0.1, -0.05) is 32.0 Å². The van der Waals surface area contributed by atoms with Crippen LogP contribution in [-0.2, 0) is 4.79 Å². The van der Waals surface area contributed by atoms with E-state index < -0.39 is 0 Å². The molecule has 5 nitrogen and oxygen atoms in total.